The Kier molecular flexibility index (Phi) is 3.71. The molecule has 0 unspecified atom stereocenters. The Morgan fingerprint density at radius 3 is 2.68 bits per heavy atom. The molecule has 5 heteroatoms. The zero-order valence-electron chi connectivity index (χ0n) is 13.8. The number of carbonyl (C=O) groups is 1. The quantitative estimate of drug-likeness (QED) is 0.763. The maximum absolute atomic E-state index is 13.1. The molecule has 1 fully saturated rings. The lowest BCUT2D eigenvalue weighted by atomic mass is 9.96. The van der Waals surface area contributed by atoms with E-state index < -0.39 is 0 Å². The van der Waals surface area contributed by atoms with E-state index in [4.69, 9.17) is 9.15 Å². The van der Waals surface area contributed by atoms with Gasteiger partial charge in [0.1, 0.15) is 5.82 Å². The Hall–Kier alpha value is -2.82. The van der Waals surface area contributed by atoms with Gasteiger partial charge in [0.2, 0.25) is 0 Å². The highest BCUT2D eigenvalue weighted by atomic mass is 19.1. The lowest BCUT2D eigenvalue weighted by Gasteiger charge is -2.16. The van der Waals surface area contributed by atoms with Gasteiger partial charge < -0.3 is 14.5 Å². The third-order valence-electron chi connectivity index (χ3n) is 4.85. The lowest BCUT2D eigenvalue weighted by Crippen LogP contribution is -2.32. The van der Waals surface area contributed by atoms with Crippen LogP contribution in [0.2, 0.25) is 0 Å². The molecule has 2 aromatic carbocycles. The van der Waals surface area contributed by atoms with Gasteiger partial charge in [-0.2, -0.15) is 0 Å². The molecule has 1 amide bonds. The first-order valence-corrected chi connectivity index (χ1v) is 8.22. The van der Waals surface area contributed by atoms with Gasteiger partial charge in [-0.05, 0) is 42.7 Å². The van der Waals surface area contributed by atoms with Crippen LogP contribution in [0, 0.1) is 5.82 Å². The Bertz CT molecular complexity index is 926. The van der Waals surface area contributed by atoms with E-state index in [9.17, 15) is 9.18 Å². The van der Waals surface area contributed by atoms with E-state index in [1.54, 1.807) is 31.4 Å². The molecule has 0 bridgehead atoms. The summed E-state index contributed by atoms with van der Waals surface area (Å²) in [4.78, 5) is 12.5. The van der Waals surface area contributed by atoms with Gasteiger partial charge >= 0.3 is 0 Å². The molecule has 25 heavy (non-hydrogen) atoms. The number of carbonyl (C=O) groups excluding carboxylic acids is 1. The first-order chi connectivity index (χ1) is 12.1. The van der Waals surface area contributed by atoms with Crippen molar-refractivity contribution < 1.29 is 18.3 Å². The van der Waals surface area contributed by atoms with Crippen molar-refractivity contribution in [2.75, 3.05) is 13.7 Å². The van der Waals surface area contributed by atoms with Crippen LogP contribution in [0.5, 0.6) is 5.75 Å². The summed E-state index contributed by atoms with van der Waals surface area (Å²) < 4.78 is 24.0. The molecule has 0 spiro atoms. The van der Waals surface area contributed by atoms with E-state index in [1.807, 2.05) is 12.1 Å². The SMILES string of the molecule is COc1cccc2cc(C(=O)NCC3(c4ccc(F)cc4)CC3)oc12. The van der Waals surface area contributed by atoms with E-state index in [-0.39, 0.29) is 22.9 Å². The fraction of sp³-hybridized carbons (Fsp3) is 0.250. The maximum atomic E-state index is 13.1. The van der Waals surface area contributed by atoms with Crippen LogP contribution in [0.4, 0.5) is 4.39 Å². The number of ether oxygens (including phenoxy) is 1. The number of halogens is 1. The summed E-state index contributed by atoms with van der Waals surface area (Å²) in [6.07, 6.45) is 1.96. The topological polar surface area (TPSA) is 51.5 Å². The van der Waals surface area contributed by atoms with Crippen LogP contribution in [0.1, 0.15) is 29.0 Å². The van der Waals surface area contributed by atoms with Crippen molar-refractivity contribution in [1.82, 2.24) is 5.32 Å². The smallest absolute Gasteiger partial charge is 0.287 e. The summed E-state index contributed by atoms with van der Waals surface area (Å²) in [5.74, 6) is 0.349. The molecule has 1 aliphatic rings. The van der Waals surface area contributed by atoms with E-state index >= 15 is 0 Å². The summed E-state index contributed by atoms with van der Waals surface area (Å²) in [5.41, 5.74) is 1.53. The molecule has 1 aromatic heterocycles. The predicted octanol–water partition coefficient (Wildman–Crippen LogP) is 4.04. The number of fused-ring (bicyclic) bond motifs is 1. The third-order valence-corrected chi connectivity index (χ3v) is 4.85. The second-order valence-corrected chi connectivity index (χ2v) is 6.46. The third kappa shape index (κ3) is 2.86. The van der Waals surface area contributed by atoms with Gasteiger partial charge in [-0.3, -0.25) is 4.79 Å². The minimum atomic E-state index is -0.258. The van der Waals surface area contributed by atoms with Crippen molar-refractivity contribution in [2.45, 2.75) is 18.3 Å². The molecule has 3 aromatic rings. The molecular formula is C20H18FNO3. The van der Waals surface area contributed by atoms with Crippen LogP contribution in [0.25, 0.3) is 11.0 Å². The summed E-state index contributed by atoms with van der Waals surface area (Å²) >= 11 is 0. The van der Waals surface area contributed by atoms with E-state index in [1.165, 1.54) is 12.1 Å². The van der Waals surface area contributed by atoms with Crippen molar-refractivity contribution in [1.29, 1.82) is 0 Å². The Balaban J connectivity index is 1.50. The summed E-state index contributed by atoms with van der Waals surface area (Å²) in [5, 5.41) is 3.77. The maximum Gasteiger partial charge on any atom is 0.287 e. The van der Waals surface area contributed by atoms with E-state index in [2.05, 4.69) is 5.32 Å². The van der Waals surface area contributed by atoms with Gasteiger partial charge in [0, 0.05) is 17.3 Å². The molecule has 4 rings (SSSR count). The second-order valence-electron chi connectivity index (χ2n) is 6.46. The standard InChI is InChI=1S/C20H18FNO3/c1-24-16-4-2-3-13-11-17(25-18(13)16)19(23)22-12-20(9-10-20)14-5-7-15(21)8-6-14/h2-8,11H,9-10,12H2,1H3,(H,22,23). The molecule has 4 nitrogen and oxygen atoms in total. The van der Waals surface area contributed by atoms with Gasteiger partial charge in [0.05, 0.1) is 7.11 Å². The first kappa shape index (κ1) is 15.7. The zero-order valence-corrected chi connectivity index (χ0v) is 13.8. The van der Waals surface area contributed by atoms with E-state index in [0.717, 1.165) is 23.8 Å². The van der Waals surface area contributed by atoms with Crippen molar-refractivity contribution in [2.24, 2.45) is 0 Å². The van der Waals surface area contributed by atoms with Crippen molar-refractivity contribution >= 4 is 16.9 Å². The Labute approximate surface area is 144 Å². The number of amides is 1. The molecule has 1 N–H and O–H groups in total. The number of nitrogens with one attached hydrogen (secondary N) is 1. The number of furan rings is 1. The number of hydrogen-bond donors (Lipinski definition) is 1. The number of rotatable bonds is 5. The first-order valence-electron chi connectivity index (χ1n) is 8.22. The van der Waals surface area contributed by atoms with Crippen LogP contribution in [-0.4, -0.2) is 19.6 Å². The molecule has 1 aliphatic carbocycles. The molecule has 128 valence electrons. The molecular weight excluding hydrogens is 321 g/mol. The number of para-hydroxylation sites is 1. The Morgan fingerprint density at radius 1 is 1.24 bits per heavy atom. The average molecular weight is 339 g/mol. The normalized spacial score (nSPS) is 15.1. The van der Waals surface area contributed by atoms with Crippen molar-refractivity contribution in [3.05, 3.63) is 65.7 Å². The van der Waals surface area contributed by atoms with Crippen molar-refractivity contribution in [3.8, 4) is 5.75 Å². The summed E-state index contributed by atoms with van der Waals surface area (Å²) in [7, 11) is 1.57. The monoisotopic (exact) mass is 339 g/mol. The van der Waals surface area contributed by atoms with Gasteiger partial charge in [-0.15, -0.1) is 0 Å². The zero-order chi connectivity index (χ0) is 17.4. The van der Waals surface area contributed by atoms with Crippen molar-refractivity contribution in [3.63, 3.8) is 0 Å². The molecule has 1 saturated carbocycles. The minimum Gasteiger partial charge on any atom is -0.493 e. The second kappa shape index (κ2) is 5.92. The number of hydrogen-bond acceptors (Lipinski definition) is 3. The van der Waals surface area contributed by atoms with E-state index in [0.29, 0.717) is 17.9 Å². The van der Waals surface area contributed by atoms with Crippen LogP contribution in [0.3, 0.4) is 0 Å². The van der Waals surface area contributed by atoms with Gasteiger partial charge in [0.15, 0.2) is 17.1 Å². The van der Waals surface area contributed by atoms with Crippen LogP contribution >= 0.6 is 0 Å². The summed E-state index contributed by atoms with van der Waals surface area (Å²) in [6, 6.07) is 13.7. The fourth-order valence-electron chi connectivity index (χ4n) is 3.17. The highest BCUT2D eigenvalue weighted by molar-refractivity contribution is 5.97. The molecule has 0 atom stereocenters. The van der Waals surface area contributed by atoms with Crippen LogP contribution in [0.15, 0.2) is 52.9 Å². The predicted molar refractivity (Wildman–Crippen MR) is 92.4 cm³/mol. The van der Waals surface area contributed by atoms with Gasteiger partial charge in [-0.25, -0.2) is 4.39 Å². The molecule has 0 aliphatic heterocycles. The molecule has 0 saturated heterocycles. The van der Waals surface area contributed by atoms with Gasteiger partial charge in [-0.1, -0.05) is 24.3 Å². The van der Waals surface area contributed by atoms with Crippen LogP contribution in [-0.2, 0) is 5.41 Å². The number of methoxy groups -OCH3 is 1. The number of benzene rings is 2. The average Bonchev–Trinajstić information content (AvgIpc) is 3.29. The summed E-state index contributed by atoms with van der Waals surface area (Å²) in [6.45, 7) is 0.506. The van der Waals surface area contributed by atoms with Crippen LogP contribution < -0.4 is 10.1 Å². The highest BCUT2D eigenvalue weighted by Gasteiger charge is 2.44. The molecule has 1 heterocycles. The highest BCUT2D eigenvalue weighted by Crippen LogP contribution is 2.47. The largest absolute Gasteiger partial charge is 0.493 e. The fourth-order valence-corrected chi connectivity index (χ4v) is 3.17. The molecule has 0 radical (unpaired) electrons. The Morgan fingerprint density at radius 2 is 2.00 bits per heavy atom. The van der Waals surface area contributed by atoms with Gasteiger partial charge in [0.25, 0.3) is 5.91 Å². The minimum absolute atomic E-state index is 0.0902. The lowest BCUT2D eigenvalue weighted by molar-refractivity contribution is 0.0924.